The number of ether oxygens (including phenoxy) is 1. The molecule has 2 fully saturated rings. The molecular weight excluding hydrogens is 420 g/mol. The van der Waals surface area contributed by atoms with Crippen LogP contribution in [0.15, 0.2) is 12.1 Å². The normalized spacial score (nSPS) is 18.6. The Balaban J connectivity index is 0.00000240. The molecule has 5 nitrogen and oxygen atoms in total. The van der Waals surface area contributed by atoms with Crippen LogP contribution in [0.2, 0.25) is 0 Å². The van der Waals surface area contributed by atoms with Crippen LogP contribution in [-0.2, 0) is 9.53 Å². The Morgan fingerprint density at radius 1 is 1.21 bits per heavy atom. The van der Waals surface area contributed by atoms with E-state index in [1.165, 1.54) is 23.8 Å². The first kappa shape index (κ1) is 22.3. The van der Waals surface area contributed by atoms with Gasteiger partial charge in [-0.05, 0) is 18.9 Å². The molecule has 0 N–H and O–H groups in total. The Bertz CT molecular complexity index is 838. The van der Waals surface area contributed by atoms with Crippen molar-refractivity contribution in [3.63, 3.8) is 0 Å². The number of anilines is 1. The predicted molar refractivity (Wildman–Crippen MR) is 113 cm³/mol. The molecule has 0 atom stereocenters. The molecule has 0 radical (unpaired) electrons. The van der Waals surface area contributed by atoms with Gasteiger partial charge < -0.3 is 4.74 Å². The number of morpholine rings is 1. The van der Waals surface area contributed by atoms with E-state index in [-0.39, 0.29) is 29.7 Å². The molecule has 2 aliphatic rings. The van der Waals surface area contributed by atoms with Crippen LogP contribution >= 0.6 is 23.7 Å². The molecule has 0 bridgehead atoms. The second-order valence-corrected chi connectivity index (χ2v) is 8.52. The summed E-state index contributed by atoms with van der Waals surface area (Å²) in [5.74, 6) is -1.26. The Morgan fingerprint density at radius 2 is 1.93 bits per heavy atom. The average Bonchev–Trinajstić information content (AvgIpc) is 3.13. The van der Waals surface area contributed by atoms with Crippen molar-refractivity contribution in [2.45, 2.75) is 32.1 Å². The summed E-state index contributed by atoms with van der Waals surface area (Å²) in [4.78, 5) is 21.6. The van der Waals surface area contributed by atoms with Crippen molar-refractivity contribution in [3.8, 4) is 0 Å². The van der Waals surface area contributed by atoms with E-state index >= 15 is 0 Å². The zero-order valence-corrected chi connectivity index (χ0v) is 17.9. The summed E-state index contributed by atoms with van der Waals surface area (Å²) in [6.45, 7) is 4.29. The Kier molecular flexibility index (Phi) is 7.79. The lowest BCUT2D eigenvalue weighted by Gasteiger charge is -2.31. The van der Waals surface area contributed by atoms with Gasteiger partial charge in [0.2, 0.25) is 5.91 Å². The number of nitrogens with zero attached hydrogens (tertiary/aromatic N) is 3. The number of hydrogen-bond acceptors (Lipinski definition) is 5. The lowest BCUT2D eigenvalue weighted by atomic mass is 9.88. The molecule has 2 heterocycles. The van der Waals surface area contributed by atoms with E-state index in [4.69, 9.17) is 4.74 Å². The van der Waals surface area contributed by atoms with E-state index in [9.17, 15) is 13.6 Å². The third-order valence-corrected chi connectivity index (χ3v) is 6.62. The van der Waals surface area contributed by atoms with Crippen molar-refractivity contribution < 1.29 is 18.3 Å². The second kappa shape index (κ2) is 10.1. The van der Waals surface area contributed by atoms with Crippen molar-refractivity contribution in [1.29, 1.82) is 0 Å². The summed E-state index contributed by atoms with van der Waals surface area (Å²) in [5, 5.41) is 0.461. The van der Waals surface area contributed by atoms with Gasteiger partial charge in [0.05, 0.1) is 17.9 Å². The highest BCUT2D eigenvalue weighted by Gasteiger charge is 2.29. The van der Waals surface area contributed by atoms with Crippen molar-refractivity contribution >= 4 is 45.0 Å². The van der Waals surface area contributed by atoms with E-state index in [1.54, 1.807) is 4.90 Å². The van der Waals surface area contributed by atoms with E-state index in [1.807, 2.05) is 0 Å². The number of fused-ring (bicyclic) bond motifs is 1. The van der Waals surface area contributed by atoms with Crippen LogP contribution in [-0.4, -0.2) is 55.2 Å². The molecule has 9 heteroatoms. The zero-order valence-electron chi connectivity index (χ0n) is 16.2. The van der Waals surface area contributed by atoms with Crippen LogP contribution in [0.4, 0.5) is 13.9 Å². The van der Waals surface area contributed by atoms with E-state index in [0.717, 1.165) is 44.8 Å². The number of rotatable bonds is 5. The minimum atomic E-state index is -0.684. The van der Waals surface area contributed by atoms with E-state index < -0.39 is 11.6 Å². The highest BCUT2D eigenvalue weighted by atomic mass is 35.5. The number of aromatic nitrogens is 1. The molecule has 160 valence electrons. The van der Waals surface area contributed by atoms with Gasteiger partial charge in [0.25, 0.3) is 0 Å². The maximum Gasteiger partial charge on any atom is 0.231 e. The van der Waals surface area contributed by atoms with Crippen LogP contribution in [0.25, 0.3) is 10.2 Å². The molecule has 29 heavy (non-hydrogen) atoms. The van der Waals surface area contributed by atoms with Gasteiger partial charge >= 0.3 is 0 Å². The minimum Gasteiger partial charge on any atom is -0.379 e. The van der Waals surface area contributed by atoms with Crippen LogP contribution in [0.3, 0.4) is 0 Å². The lowest BCUT2D eigenvalue weighted by Crippen LogP contribution is -2.45. The van der Waals surface area contributed by atoms with Gasteiger partial charge in [-0.2, -0.15) is 0 Å². The van der Waals surface area contributed by atoms with Crippen LogP contribution < -0.4 is 4.90 Å². The molecular formula is C20H26ClF2N3O2S. The fraction of sp³-hybridized carbons (Fsp3) is 0.600. The molecule has 1 aliphatic carbocycles. The van der Waals surface area contributed by atoms with Crippen LogP contribution in [0, 0.1) is 17.6 Å². The number of benzene rings is 1. The maximum absolute atomic E-state index is 14.1. The lowest BCUT2D eigenvalue weighted by molar-refractivity contribution is -0.123. The molecule has 1 saturated heterocycles. The van der Waals surface area contributed by atoms with Gasteiger partial charge in [-0.3, -0.25) is 14.6 Å². The molecule has 2 aromatic rings. The Morgan fingerprint density at radius 3 is 2.66 bits per heavy atom. The van der Waals surface area contributed by atoms with Crippen molar-refractivity contribution in [3.05, 3.63) is 23.8 Å². The third kappa shape index (κ3) is 5.23. The summed E-state index contributed by atoms with van der Waals surface area (Å²) in [6, 6.07) is 2.12. The first-order valence-corrected chi connectivity index (χ1v) is 10.8. The van der Waals surface area contributed by atoms with Gasteiger partial charge in [-0.15, -0.1) is 12.4 Å². The Labute approximate surface area is 179 Å². The van der Waals surface area contributed by atoms with Gasteiger partial charge in [-0.1, -0.05) is 30.6 Å². The molecule has 0 unspecified atom stereocenters. The number of hydrogen-bond donors (Lipinski definition) is 0. The summed E-state index contributed by atoms with van der Waals surface area (Å²) in [6.07, 6.45) is 5.07. The quantitative estimate of drug-likeness (QED) is 0.690. The average molecular weight is 446 g/mol. The zero-order chi connectivity index (χ0) is 19.5. The number of amides is 1. The molecule has 1 aromatic heterocycles. The van der Waals surface area contributed by atoms with Crippen molar-refractivity contribution in [1.82, 2.24) is 9.88 Å². The molecule has 1 saturated carbocycles. The highest BCUT2D eigenvalue weighted by molar-refractivity contribution is 7.22. The van der Waals surface area contributed by atoms with Gasteiger partial charge in [0.15, 0.2) is 10.9 Å². The van der Waals surface area contributed by atoms with Gasteiger partial charge in [0, 0.05) is 38.2 Å². The van der Waals surface area contributed by atoms with Crippen molar-refractivity contribution in [2.75, 3.05) is 44.3 Å². The van der Waals surface area contributed by atoms with Crippen molar-refractivity contribution in [2.24, 2.45) is 5.92 Å². The number of carbonyl (C=O) groups is 1. The fourth-order valence-corrected chi connectivity index (χ4v) is 5.03. The summed E-state index contributed by atoms with van der Waals surface area (Å²) in [7, 11) is 0. The van der Waals surface area contributed by atoms with Crippen LogP contribution in [0.5, 0.6) is 0 Å². The maximum atomic E-state index is 14.1. The molecule has 1 amide bonds. The molecule has 1 aliphatic heterocycles. The second-order valence-electron chi connectivity index (χ2n) is 7.51. The minimum absolute atomic E-state index is 0. The molecule has 0 spiro atoms. The monoisotopic (exact) mass is 445 g/mol. The first-order valence-electron chi connectivity index (χ1n) is 9.99. The summed E-state index contributed by atoms with van der Waals surface area (Å²) >= 11 is 1.18. The van der Waals surface area contributed by atoms with Gasteiger partial charge in [-0.25, -0.2) is 13.8 Å². The van der Waals surface area contributed by atoms with Gasteiger partial charge in [0.1, 0.15) is 11.3 Å². The Hall–Kier alpha value is -1.35. The largest absolute Gasteiger partial charge is 0.379 e. The summed E-state index contributed by atoms with van der Waals surface area (Å²) in [5.41, 5.74) is 0.134. The van der Waals surface area contributed by atoms with E-state index in [2.05, 4.69) is 9.88 Å². The number of halogens is 3. The van der Waals surface area contributed by atoms with E-state index in [0.29, 0.717) is 36.1 Å². The number of thiazole rings is 1. The topological polar surface area (TPSA) is 45.7 Å². The fourth-order valence-electron chi connectivity index (χ4n) is 4.00. The first-order chi connectivity index (χ1) is 13.6. The predicted octanol–water partition coefficient (Wildman–Crippen LogP) is 4.24. The SMILES string of the molecule is Cl.O=C(C1CCCCC1)N(CCN1CCOCC1)c1nc2c(F)cc(F)cc2s1. The third-order valence-electron chi connectivity index (χ3n) is 5.60. The highest BCUT2D eigenvalue weighted by Crippen LogP contribution is 2.33. The molecule has 4 rings (SSSR count). The smallest absolute Gasteiger partial charge is 0.231 e. The standard InChI is InChI=1S/C20H25F2N3O2S.ClH/c21-15-12-16(22)18-17(13-15)28-20(23-18)25(7-6-24-8-10-27-11-9-24)19(26)14-4-2-1-3-5-14;/h12-14H,1-11H2;1H. The van der Waals surface area contributed by atoms with Crippen LogP contribution in [0.1, 0.15) is 32.1 Å². The number of carbonyl (C=O) groups excluding carboxylic acids is 1. The summed E-state index contributed by atoms with van der Waals surface area (Å²) < 4.78 is 33.5. The molecule has 1 aromatic carbocycles.